The lowest BCUT2D eigenvalue weighted by Crippen LogP contribution is -2.30. The highest BCUT2D eigenvalue weighted by molar-refractivity contribution is 5.98. The molecule has 9 heteroatoms. The van der Waals surface area contributed by atoms with E-state index in [0.717, 1.165) is 66.1 Å². The average Bonchev–Trinajstić information content (AvgIpc) is 3.34. The number of carbonyl (C=O) groups excluding carboxylic acids is 1. The van der Waals surface area contributed by atoms with E-state index < -0.39 is 0 Å². The Morgan fingerprint density at radius 2 is 2.05 bits per heavy atom. The van der Waals surface area contributed by atoms with Gasteiger partial charge in [-0.05, 0) is 49.8 Å². The minimum absolute atomic E-state index is 0.133. The highest BCUT2D eigenvalue weighted by Crippen LogP contribution is 2.32. The van der Waals surface area contributed by atoms with E-state index in [-0.39, 0.29) is 24.4 Å². The van der Waals surface area contributed by atoms with E-state index in [4.69, 9.17) is 14.5 Å². The average molecular weight is 505 g/mol. The van der Waals surface area contributed by atoms with Gasteiger partial charge in [0.1, 0.15) is 5.75 Å². The van der Waals surface area contributed by atoms with Crippen LogP contribution < -0.4 is 15.4 Å². The van der Waals surface area contributed by atoms with Gasteiger partial charge in [-0.3, -0.25) is 4.79 Å². The Bertz CT molecular complexity index is 1320. The SMILES string of the molecule is CCc1nc2c(cnn2CC)c(NC2CCOCC2)c1CNC(=O)c1cc(C#N)c(C(C)C)cc1OC. The molecule has 1 fully saturated rings. The normalized spacial score (nSPS) is 14.1. The number of hydrogen-bond donors (Lipinski definition) is 2. The van der Waals surface area contributed by atoms with Gasteiger partial charge in [-0.2, -0.15) is 10.4 Å². The first-order valence-electron chi connectivity index (χ1n) is 13.0. The van der Waals surface area contributed by atoms with Crippen LogP contribution in [0.25, 0.3) is 11.0 Å². The van der Waals surface area contributed by atoms with E-state index in [1.807, 2.05) is 31.6 Å². The van der Waals surface area contributed by atoms with Gasteiger partial charge >= 0.3 is 0 Å². The quantitative estimate of drug-likeness (QED) is 0.440. The second kappa shape index (κ2) is 11.6. The molecule has 2 aromatic heterocycles. The number of hydrogen-bond acceptors (Lipinski definition) is 7. The molecule has 0 unspecified atom stereocenters. The highest BCUT2D eigenvalue weighted by atomic mass is 16.5. The van der Waals surface area contributed by atoms with Crippen LogP contribution >= 0.6 is 0 Å². The van der Waals surface area contributed by atoms with Gasteiger partial charge in [0, 0.05) is 43.6 Å². The van der Waals surface area contributed by atoms with E-state index in [2.05, 4.69) is 28.7 Å². The molecule has 196 valence electrons. The lowest BCUT2D eigenvalue weighted by Gasteiger charge is -2.26. The van der Waals surface area contributed by atoms with Crippen LogP contribution in [0.5, 0.6) is 5.75 Å². The van der Waals surface area contributed by atoms with Gasteiger partial charge in [0.2, 0.25) is 0 Å². The molecule has 0 atom stereocenters. The van der Waals surface area contributed by atoms with Crippen molar-refractivity contribution in [3.8, 4) is 11.8 Å². The molecule has 0 bridgehead atoms. The topological polar surface area (TPSA) is 114 Å². The molecule has 1 aliphatic heterocycles. The number of rotatable bonds is 9. The van der Waals surface area contributed by atoms with Crippen LogP contribution in [0.1, 0.15) is 79.2 Å². The zero-order valence-electron chi connectivity index (χ0n) is 22.4. The zero-order chi connectivity index (χ0) is 26.5. The second-order valence-corrected chi connectivity index (χ2v) is 9.58. The van der Waals surface area contributed by atoms with Gasteiger partial charge in [-0.25, -0.2) is 9.67 Å². The van der Waals surface area contributed by atoms with Crippen LogP contribution in [0, 0.1) is 11.3 Å². The summed E-state index contributed by atoms with van der Waals surface area (Å²) in [6.07, 6.45) is 4.39. The van der Waals surface area contributed by atoms with E-state index in [1.165, 1.54) is 7.11 Å². The minimum Gasteiger partial charge on any atom is -0.496 e. The van der Waals surface area contributed by atoms with Gasteiger partial charge < -0.3 is 20.1 Å². The van der Waals surface area contributed by atoms with Crippen LogP contribution in [-0.2, 0) is 24.2 Å². The first-order valence-corrected chi connectivity index (χ1v) is 13.0. The largest absolute Gasteiger partial charge is 0.496 e. The number of nitrogens with one attached hydrogen (secondary N) is 2. The summed E-state index contributed by atoms with van der Waals surface area (Å²) >= 11 is 0. The monoisotopic (exact) mass is 504 g/mol. The van der Waals surface area contributed by atoms with Crippen molar-refractivity contribution in [1.29, 1.82) is 5.26 Å². The standard InChI is InChI=1S/C28H36N6O3/c1-6-24-22(15-30-28(35)21-12-18(14-29)20(17(3)4)13-25(21)36-5)26(32-19-8-10-37-11-9-19)23-16-31-34(7-2)27(23)33-24/h12-13,16-17,19H,6-11,15H2,1-5H3,(H,30,35)(H,32,33). The third-order valence-corrected chi connectivity index (χ3v) is 6.96. The Morgan fingerprint density at radius 3 is 2.68 bits per heavy atom. The lowest BCUT2D eigenvalue weighted by molar-refractivity contribution is 0.0904. The molecule has 2 N–H and O–H groups in total. The summed E-state index contributed by atoms with van der Waals surface area (Å²) in [5.74, 6) is 0.287. The molecule has 4 rings (SSSR count). The Morgan fingerprint density at radius 1 is 1.30 bits per heavy atom. The van der Waals surface area contributed by atoms with Crippen LogP contribution in [0.3, 0.4) is 0 Å². The molecule has 9 nitrogen and oxygen atoms in total. The van der Waals surface area contributed by atoms with E-state index in [9.17, 15) is 10.1 Å². The molecule has 1 amide bonds. The number of fused-ring (bicyclic) bond motifs is 1. The molecule has 3 heterocycles. The number of methoxy groups -OCH3 is 1. The smallest absolute Gasteiger partial charge is 0.255 e. The molecule has 1 aromatic carbocycles. The number of ether oxygens (including phenoxy) is 2. The molecule has 0 aliphatic carbocycles. The fraction of sp³-hybridized carbons (Fsp3) is 0.500. The first kappa shape index (κ1) is 26.4. The third kappa shape index (κ3) is 5.39. The molecule has 0 radical (unpaired) electrons. The predicted molar refractivity (Wildman–Crippen MR) is 143 cm³/mol. The minimum atomic E-state index is -0.299. The summed E-state index contributed by atoms with van der Waals surface area (Å²) in [7, 11) is 1.54. The lowest BCUT2D eigenvalue weighted by atomic mass is 9.95. The van der Waals surface area contributed by atoms with Crippen molar-refractivity contribution in [2.45, 2.75) is 72.0 Å². The van der Waals surface area contributed by atoms with Crippen molar-refractivity contribution in [1.82, 2.24) is 20.1 Å². The summed E-state index contributed by atoms with van der Waals surface area (Å²) in [4.78, 5) is 18.3. The van der Waals surface area contributed by atoms with Crippen molar-refractivity contribution in [3.05, 3.63) is 46.3 Å². The fourth-order valence-electron chi connectivity index (χ4n) is 4.88. The van der Waals surface area contributed by atoms with Crippen molar-refractivity contribution < 1.29 is 14.3 Å². The van der Waals surface area contributed by atoms with Crippen LogP contribution in [0.2, 0.25) is 0 Å². The van der Waals surface area contributed by atoms with Gasteiger partial charge in [0.15, 0.2) is 5.65 Å². The summed E-state index contributed by atoms with van der Waals surface area (Å²) in [5.41, 5.74) is 5.35. The number of anilines is 1. The molecule has 37 heavy (non-hydrogen) atoms. The molecule has 1 saturated heterocycles. The van der Waals surface area contributed by atoms with Crippen LogP contribution in [-0.4, -0.2) is 47.0 Å². The van der Waals surface area contributed by atoms with Crippen molar-refractivity contribution in [3.63, 3.8) is 0 Å². The summed E-state index contributed by atoms with van der Waals surface area (Å²) in [5, 5.41) is 22.0. The second-order valence-electron chi connectivity index (χ2n) is 9.58. The molecule has 1 aliphatic rings. The van der Waals surface area contributed by atoms with Crippen molar-refractivity contribution >= 4 is 22.6 Å². The van der Waals surface area contributed by atoms with Crippen LogP contribution in [0.4, 0.5) is 5.69 Å². The summed E-state index contributed by atoms with van der Waals surface area (Å²) < 4.78 is 13.0. The molecule has 0 spiro atoms. The molecular formula is C28H36N6O3. The number of aryl methyl sites for hydroxylation is 2. The number of amides is 1. The molecule has 3 aromatic rings. The number of aromatic nitrogens is 3. The van der Waals surface area contributed by atoms with Crippen molar-refractivity contribution in [2.24, 2.45) is 0 Å². The number of benzene rings is 1. The van der Waals surface area contributed by atoms with Crippen molar-refractivity contribution in [2.75, 3.05) is 25.6 Å². The van der Waals surface area contributed by atoms with E-state index in [0.29, 0.717) is 23.3 Å². The van der Waals surface area contributed by atoms with E-state index >= 15 is 0 Å². The van der Waals surface area contributed by atoms with Gasteiger partial charge in [-0.1, -0.05) is 20.8 Å². The van der Waals surface area contributed by atoms with E-state index in [1.54, 1.807) is 12.1 Å². The van der Waals surface area contributed by atoms with Gasteiger partial charge in [0.25, 0.3) is 5.91 Å². The first-order chi connectivity index (χ1) is 17.9. The molecule has 0 saturated carbocycles. The number of nitrogens with zero attached hydrogens (tertiary/aromatic N) is 4. The predicted octanol–water partition coefficient (Wildman–Crippen LogP) is 4.54. The van der Waals surface area contributed by atoms with Crippen LogP contribution in [0.15, 0.2) is 18.3 Å². The third-order valence-electron chi connectivity index (χ3n) is 6.96. The Kier molecular flexibility index (Phi) is 8.29. The fourth-order valence-corrected chi connectivity index (χ4v) is 4.88. The summed E-state index contributed by atoms with van der Waals surface area (Å²) in [6, 6.07) is 5.91. The summed E-state index contributed by atoms with van der Waals surface area (Å²) in [6.45, 7) is 10.6. The Balaban J connectivity index is 1.71. The molecular weight excluding hydrogens is 468 g/mol. The maximum absolute atomic E-state index is 13.4. The number of nitriles is 1. The number of pyridine rings is 1. The maximum atomic E-state index is 13.4. The number of carbonyl (C=O) groups is 1. The van der Waals surface area contributed by atoms with Gasteiger partial charge in [-0.15, -0.1) is 0 Å². The Hall–Kier alpha value is -3.64. The highest BCUT2D eigenvalue weighted by Gasteiger charge is 2.23. The zero-order valence-corrected chi connectivity index (χ0v) is 22.4. The Labute approximate surface area is 218 Å². The maximum Gasteiger partial charge on any atom is 0.255 e. The van der Waals surface area contributed by atoms with Gasteiger partial charge in [0.05, 0.1) is 41.6 Å².